The first-order chi connectivity index (χ1) is 15.9. The fourth-order valence-corrected chi connectivity index (χ4v) is 3.31. The van der Waals surface area contributed by atoms with Crippen molar-refractivity contribution in [3.05, 3.63) is 82.9 Å². The van der Waals surface area contributed by atoms with Crippen molar-refractivity contribution >= 4 is 17.6 Å². The van der Waals surface area contributed by atoms with E-state index in [1.54, 1.807) is 31.4 Å². The molecule has 3 aromatic rings. The van der Waals surface area contributed by atoms with Crippen LogP contribution in [0, 0.1) is 13.8 Å². The maximum absolute atomic E-state index is 12.5. The van der Waals surface area contributed by atoms with Gasteiger partial charge in [0.05, 0.1) is 13.7 Å². The SMILES string of the molecule is CCOc1ccc(CCC(=O)Oc2ccc(C(=O)Nc3cc(C)ccc3C)cc2)cc1OC. The van der Waals surface area contributed by atoms with Crippen LogP contribution in [0.15, 0.2) is 60.7 Å². The average Bonchev–Trinajstić information content (AvgIpc) is 2.81. The van der Waals surface area contributed by atoms with Gasteiger partial charge in [0.1, 0.15) is 5.75 Å². The van der Waals surface area contributed by atoms with Crippen LogP contribution in [0.4, 0.5) is 5.69 Å². The van der Waals surface area contributed by atoms with E-state index in [0.29, 0.717) is 35.8 Å². The van der Waals surface area contributed by atoms with Gasteiger partial charge in [0.15, 0.2) is 11.5 Å². The molecule has 3 rings (SSSR count). The summed E-state index contributed by atoms with van der Waals surface area (Å²) in [7, 11) is 1.59. The second-order valence-electron chi connectivity index (χ2n) is 7.69. The molecule has 0 unspecified atom stereocenters. The van der Waals surface area contributed by atoms with E-state index in [9.17, 15) is 9.59 Å². The van der Waals surface area contributed by atoms with Gasteiger partial charge in [-0.05, 0) is 86.3 Å². The van der Waals surface area contributed by atoms with Gasteiger partial charge in [0, 0.05) is 17.7 Å². The number of nitrogens with one attached hydrogen (secondary N) is 1. The Morgan fingerprint density at radius 3 is 2.36 bits per heavy atom. The fraction of sp³-hybridized carbons (Fsp3) is 0.259. The summed E-state index contributed by atoms with van der Waals surface area (Å²) in [4.78, 5) is 24.8. The minimum absolute atomic E-state index is 0.214. The van der Waals surface area contributed by atoms with Crippen LogP contribution in [0.25, 0.3) is 0 Å². The number of anilines is 1. The van der Waals surface area contributed by atoms with Crippen molar-refractivity contribution in [1.29, 1.82) is 0 Å². The first-order valence-corrected chi connectivity index (χ1v) is 10.9. The molecule has 0 aliphatic rings. The molecule has 33 heavy (non-hydrogen) atoms. The van der Waals surface area contributed by atoms with Gasteiger partial charge in [-0.3, -0.25) is 9.59 Å². The highest BCUT2D eigenvalue weighted by molar-refractivity contribution is 6.04. The maximum atomic E-state index is 12.5. The van der Waals surface area contributed by atoms with Gasteiger partial charge >= 0.3 is 5.97 Å². The number of rotatable bonds is 9. The lowest BCUT2D eigenvalue weighted by Crippen LogP contribution is -2.13. The zero-order valence-electron chi connectivity index (χ0n) is 19.4. The standard InChI is InChI=1S/C27H29NO5/c1-5-32-24-14-8-20(17-25(24)31-4)9-15-26(29)33-22-12-10-21(11-13-22)27(30)28-23-16-18(2)6-7-19(23)3/h6-8,10-14,16-17H,5,9,15H2,1-4H3,(H,28,30). The molecule has 0 aliphatic heterocycles. The van der Waals surface area contributed by atoms with Gasteiger partial charge in [-0.15, -0.1) is 0 Å². The number of esters is 1. The molecule has 6 nitrogen and oxygen atoms in total. The predicted molar refractivity (Wildman–Crippen MR) is 128 cm³/mol. The lowest BCUT2D eigenvalue weighted by Gasteiger charge is -2.11. The Hall–Kier alpha value is -3.80. The molecule has 3 aromatic carbocycles. The quantitative estimate of drug-likeness (QED) is 0.346. The first kappa shape index (κ1) is 23.9. The molecule has 0 aliphatic carbocycles. The molecule has 0 atom stereocenters. The summed E-state index contributed by atoms with van der Waals surface area (Å²) < 4.78 is 16.3. The zero-order chi connectivity index (χ0) is 23.8. The number of hydrogen-bond acceptors (Lipinski definition) is 5. The van der Waals surface area contributed by atoms with E-state index in [1.165, 1.54) is 0 Å². The molecule has 0 saturated heterocycles. The summed E-state index contributed by atoms with van der Waals surface area (Å²) in [6.45, 7) is 6.38. The third-order valence-corrected chi connectivity index (χ3v) is 5.14. The highest BCUT2D eigenvalue weighted by Crippen LogP contribution is 2.28. The summed E-state index contributed by atoms with van der Waals surface area (Å²) >= 11 is 0. The molecular weight excluding hydrogens is 418 g/mol. The molecule has 0 bridgehead atoms. The van der Waals surface area contributed by atoms with Crippen molar-refractivity contribution in [1.82, 2.24) is 0 Å². The van der Waals surface area contributed by atoms with Crippen molar-refractivity contribution in [2.24, 2.45) is 0 Å². The van der Waals surface area contributed by atoms with Crippen LogP contribution in [0.3, 0.4) is 0 Å². The average molecular weight is 448 g/mol. The van der Waals surface area contributed by atoms with Gasteiger partial charge in [0.2, 0.25) is 0 Å². The monoisotopic (exact) mass is 447 g/mol. The molecule has 0 heterocycles. The summed E-state index contributed by atoms with van der Waals surface area (Å²) in [5.74, 6) is 1.14. The van der Waals surface area contributed by atoms with E-state index >= 15 is 0 Å². The first-order valence-electron chi connectivity index (χ1n) is 10.9. The van der Waals surface area contributed by atoms with Crippen LogP contribution in [-0.2, 0) is 11.2 Å². The number of ether oxygens (including phenoxy) is 3. The van der Waals surface area contributed by atoms with Crippen molar-refractivity contribution in [3.63, 3.8) is 0 Å². The Balaban J connectivity index is 1.54. The van der Waals surface area contributed by atoms with E-state index < -0.39 is 0 Å². The number of methoxy groups -OCH3 is 1. The highest BCUT2D eigenvalue weighted by Gasteiger charge is 2.11. The Morgan fingerprint density at radius 2 is 1.67 bits per heavy atom. The van der Waals surface area contributed by atoms with Crippen LogP contribution < -0.4 is 19.5 Å². The second kappa shape index (κ2) is 11.2. The summed E-state index contributed by atoms with van der Waals surface area (Å²) in [6, 6.07) is 18.0. The topological polar surface area (TPSA) is 73.9 Å². The normalized spacial score (nSPS) is 10.4. The van der Waals surface area contributed by atoms with Crippen LogP contribution in [0.2, 0.25) is 0 Å². The van der Waals surface area contributed by atoms with Crippen LogP contribution >= 0.6 is 0 Å². The predicted octanol–water partition coefficient (Wildman–Crippen LogP) is 5.50. The number of carbonyl (C=O) groups is 2. The lowest BCUT2D eigenvalue weighted by atomic mass is 10.1. The van der Waals surface area contributed by atoms with E-state index in [-0.39, 0.29) is 18.3 Å². The molecule has 1 amide bonds. The van der Waals surface area contributed by atoms with Crippen LogP contribution in [-0.4, -0.2) is 25.6 Å². The Labute approximate surface area is 194 Å². The summed E-state index contributed by atoms with van der Waals surface area (Å²) in [6.07, 6.45) is 0.726. The molecule has 0 aromatic heterocycles. The largest absolute Gasteiger partial charge is 0.493 e. The number of carbonyl (C=O) groups excluding carboxylic acids is 2. The zero-order valence-corrected chi connectivity index (χ0v) is 19.4. The number of amides is 1. The minimum atomic E-state index is -0.351. The molecule has 172 valence electrons. The van der Waals surface area contributed by atoms with Gasteiger partial charge in [-0.25, -0.2) is 0 Å². The van der Waals surface area contributed by atoms with Crippen molar-refractivity contribution in [2.45, 2.75) is 33.6 Å². The second-order valence-corrected chi connectivity index (χ2v) is 7.69. The lowest BCUT2D eigenvalue weighted by molar-refractivity contribution is -0.134. The number of benzene rings is 3. The minimum Gasteiger partial charge on any atom is -0.493 e. The smallest absolute Gasteiger partial charge is 0.311 e. The van der Waals surface area contributed by atoms with Gasteiger partial charge < -0.3 is 19.5 Å². The maximum Gasteiger partial charge on any atom is 0.311 e. The fourth-order valence-electron chi connectivity index (χ4n) is 3.31. The van der Waals surface area contributed by atoms with Crippen LogP contribution in [0.1, 0.15) is 40.4 Å². The number of hydrogen-bond donors (Lipinski definition) is 1. The van der Waals surface area contributed by atoms with Crippen LogP contribution in [0.5, 0.6) is 17.2 Å². The Kier molecular flexibility index (Phi) is 8.08. The van der Waals surface area contributed by atoms with E-state index in [1.807, 2.05) is 57.2 Å². The molecule has 0 fully saturated rings. The van der Waals surface area contributed by atoms with Crippen molar-refractivity contribution in [3.8, 4) is 17.2 Å². The highest BCUT2D eigenvalue weighted by atomic mass is 16.5. The molecule has 0 saturated carbocycles. The van der Waals surface area contributed by atoms with E-state index in [0.717, 1.165) is 22.4 Å². The molecule has 1 N–H and O–H groups in total. The van der Waals surface area contributed by atoms with Crippen molar-refractivity contribution < 1.29 is 23.8 Å². The van der Waals surface area contributed by atoms with E-state index in [4.69, 9.17) is 14.2 Å². The summed E-state index contributed by atoms with van der Waals surface area (Å²) in [5, 5.41) is 2.92. The van der Waals surface area contributed by atoms with Gasteiger partial charge in [-0.2, -0.15) is 0 Å². The van der Waals surface area contributed by atoms with Gasteiger partial charge in [0.25, 0.3) is 5.91 Å². The molecule has 0 radical (unpaired) electrons. The van der Waals surface area contributed by atoms with Gasteiger partial charge in [-0.1, -0.05) is 18.2 Å². The molecule has 0 spiro atoms. The third kappa shape index (κ3) is 6.59. The molecule has 6 heteroatoms. The van der Waals surface area contributed by atoms with E-state index in [2.05, 4.69) is 5.32 Å². The Bertz CT molecular complexity index is 1120. The Morgan fingerprint density at radius 1 is 0.909 bits per heavy atom. The third-order valence-electron chi connectivity index (χ3n) is 5.14. The summed E-state index contributed by atoms with van der Waals surface area (Å²) in [5.41, 5.74) is 4.27. The molecular formula is C27H29NO5. The number of aryl methyl sites for hydroxylation is 3. The van der Waals surface area contributed by atoms with Crippen molar-refractivity contribution in [2.75, 3.05) is 19.0 Å².